The molecule has 10 atom stereocenters. The highest BCUT2D eigenvalue weighted by Crippen LogP contribution is 2.14. The first-order chi connectivity index (χ1) is 40.8. The predicted octanol–water partition coefficient (Wildman–Crippen LogP) is -1.05. The van der Waals surface area contributed by atoms with E-state index in [0.717, 1.165) is 5.56 Å². The monoisotopic (exact) mass is 1220 g/mol. The number of aliphatic imine (C=N–C) groups is 2. The van der Waals surface area contributed by atoms with Gasteiger partial charge in [-0.3, -0.25) is 48.3 Å². The predicted molar refractivity (Wildman–Crippen MR) is 330 cm³/mol. The van der Waals surface area contributed by atoms with Crippen LogP contribution in [0.2, 0.25) is 0 Å². The molecule has 3 aromatic carbocycles. The van der Waals surface area contributed by atoms with E-state index in [1.165, 1.54) is 18.7 Å². The second-order valence-corrected chi connectivity index (χ2v) is 22.6. The lowest BCUT2D eigenvalue weighted by Gasteiger charge is -2.29. The van der Waals surface area contributed by atoms with Crippen LogP contribution in [0.4, 0.5) is 0 Å². The Kier molecular flexibility index (Phi) is 31.7. The molecular weight excluding hydrogens is 1130 g/mol. The van der Waals surface area contributed by atoms with Crippen LogP contribution in [-0.4, -0.2) is 161 Å². The van der Waals surface area contributed by atoms with Gasteiger partial charge in [0.1, 0.15) is 48.3 Å². The van der Waals surface area contributed by atoms with Gasteiger partial charge in [-0.2, -0.15) is 11.8 Å². The molecule has 0 unspecified atom stereocenters. The van der Waals surface area contributed by atoms with E-state index in [9.17, 15) is 53.4 Å². The van der Waals surface area contributed by atoms with Crippen LogP contribution in [0.1, 0.15) is 89.8 Å². The second kappa shape index (κ2) is 37.9. The minimum absolute atomic E-state index is 0.00145. The van der Waals surface area contributed by atoms with Gasteiger partial charge in [-0.15, -0.1) is 0 Å². The Hall–Kier alpha value is -8.30. The van der Waals surface area contributed by atoms with E-state index in [1.54, 1.807) is 80.8 Å². The van der Waals surface area contributed by atoms with Crippen molar-refractivity contribution in [3.8, 4) is 0 Å². The summed E-state index contributed by atoms with van der Waals surface area (Å²) in [6, 6.07) is 14.3. The minimum Gasteiger partial charge on any atom is -0.480 e. The van der Waals surface area contributed by atoms with Crippen LogP contribution >= 0.6 is 11.8 Å². The van der Waals surface area contributed by atoms with Gasteiger partial charge in [-0.25, -0.2) is 4.79 Å². The minimum atomic E-state index is -1.75. The van der Waals surface area contributed by atoms with Gasteiger partial charge in [0.05, 0.1) is 12.1 Å². The quantitative estimate of drug-likeness (QED) is 0.0185. The largest absolute Gasteiger partial charge is 0.480 e. The normalized spacial score (nSPS) is 14.6. The van der Waals surface area contributed by atoms with Crippen LogP contribution in [0.25, 0.3) is 0 Å². The first-order valence-electron chi connectivity index (χ1n) is 28.6. The van der Waals surface area contributed by atoms with Gasteiger partial charge >= 0.3 is 5.97 Å². The third-order valence-electron chi connectivity index (χ3n) is 13.5. The van der Waals surface area contributed by atoms with Gasteiger partial charge in [0.2, 0.25) is 47.3 Å². The van der Waals surface area contributed by atoms with Crippen molar-refractivity contribution in [3.05, 3.63) is 108 Å². The summed E-state index contributed by atoms with van der Waals surface area (Å²) < 4.78 is 0. The van der Waals surface area contributed by atoms with E-state index in [0.29, 0.717) is 16.9 Å². The number of benzene rings is 3. The molecule has 0 aromatic heterocycles. The summed E-state index contributed by atoms with van der Waals surface area (Å²) in [5, 5.41) is 42.2. The summed E-state index contributed by atoms with van der Waals surface area (Å²) in [4.78, 5) is 134. The van der Waals surface area contributed by atoms with Gasteiger partial charge < -0.3 is 81.4 Å². The number of nitrogens with two attached hydrogens (primary N) is 5. The maximum Gasteiger partial charge on any atom is 0.326 e. The molecule has 0 saturated heterocycles. The van der Waals surface area contributed by atoms with Crippen molar-refractivity contribution in [1.29, 1.82) is 0 Å². The Balaban J connectivity index is 1.98. The van der Waals surface area contributed by atoms with Crippen molar-refractivity contribution in [2.45, 2.75) is 153 Å². The zero-order chi connectivity index (χ0) is 63.9. The van der Waals surface area contributed by atoms with Crippen molar-refractivity contribution >= 4 is 76.9 Å². The second-order valence-electron chi connectivity index (χ2n) is 21.6. The van der Waals surface area contributed by atoms with Crippen LogP contribution in [-0.2, 0) is 62.4 Å². The molecule has 20 N–H and O–H groups in total. The van der Waals surface area contributed by atoms with Crippen molar-refractivity contribution < 1.29 is 53.4 Å². The van der Waals surface area contributed by atoms with Gasteiger partial charge in [-0.1, -0.05) is 119 Å². The number of hydrogen-bond donors (Lipinski definition) is 15. The molecule has 0 saturated carbocycles. The van der Waals surface area contributed by atoms with E-state index in [2.05, 4.69) is 52.5 Å². The number of aliphatic carboxylic acids is 1. The molecule has 0 spiro atoms. The summed E-state index contributed by atoms with van der Waals surface area (Å²) in [5.41, 5.74) is 30.4. The number of amides is 8. The molecule has 0 radical (unpaired) electrons. The third kappa shape index (κ3) is 26.7. The Labute approximate surface area is 507 Å². The van der Waals surface area contributed by atoms with Crippen molar-refractivity contribution in [2.75, 3.05) is 25.1 Å². The molecule has 472 valence electrons. The van der Waals surface area contributed by atoms with E-state index in [-0.39, 0.29) is 88.7 Å². The lowest BCUT2D eigenvalue weighted by molar-refractivity contribution is -0.143. The Morgan fingerprint density at radius 1 is 0.465 bits per heavy atom. The van der Waals surface area contributed by atoms with Gasteiger partial charge in [0, 0.05) is 25.9 Å². The summed E-state index contributed by atoms with van der Waals surface area (Å²) in [5.74, 6) is -8.57. The lowest BCUT2D eigenvalue weighted by atomic mass is 9.99. The van der Waals surface area contributed by atoms with Crippen LogP contribution in [0.15, 0.2) is 101 Å². The molecule has 3 rings (SSSR count). The summed E-state index contributed by atoms with van der Waals surface area (Å²) in [6.45, 7) is 8.23. The molecule has 86 heavy (non-hydrogen) atoms. The number of guanidine groups is 2. The number of aliphatic hydroxyl groups is 1. The molecule has 3 aromatic rings. The van der Waals surface area contributed by atoms with E-state index in [1.807, 2.05) is 44.2 Å². The van der Waals surface area contributed by atoms with E-state index < -0.39 is 120 Å². The number of nitrogens with zero attached hydrogens (tertiary/aromatic N) is 2. The molecule has 0 aliphatic rings. The van der Waals surface area contributed by atoms with Crippen LogP contribution < -0.4 is 71.2 Å². The van der Waals surface area contributed by atoms with E-state index >= 15 is 0 Å². The number of aliphatic hydroxyl groups excluding tert-OH is 1. The summed E-state index contributed by atoms with van der Waals surface area (Å²) in [6.07, 6.45) is 0.474. The molecule has 27 heteroatoms. The van der Waals surface area contributed by atoms with Crippen molar-refractivity contribution in [2.24, 2.45) is 50.5 Å². The lowest BCUT2D eigenvalue weighted by Crippen LogP contribution is -2.62. The van der Waals surface area contributed by atoms with Crippen LogP contribution in [0, 0.1) is 11.8 Å². The molecular formula is C59H89N15O11S. The summed E-state index contributed by atoms with van der Waals surface area (Å²) >= 11 is 1.36. The first kappa shape index (κ1) is 72.0. The zero-order valence-electron chi connectivity index (χ0n) is 49.8. The van der Waals surface area contributed by atoms with E-state index in [4.69, 9.17) is 28.7 Å². The molecule has 0 heterocycles. The number of carboxylic acid groups (broad SMARTS) is 1. The average molecular weight is 1220 g/mol. The smallest absolute Gasteiger partial charge is 0.326 e. The fourth-order valence-corrected chi connectivity index (χ4v) is 9.36. The molecule has 0 aliphatic heterocycles. The van der Waals surface area contributed by atoms with Crippen LogP contribution in [0.3, 0.4) is 0 Å². The zero-order valence-corrected chi connectivity index (χ0v) is 50.6. The fraction of sp³-hybridized carbons (Fsp3) is 0.508. The number of rotatable bonds is 38. The number of carbonyl (C=O) groups excluding carboxylic acids is 8. The highest BCUT2D eigenvalue weighted by Gasteiger charge is 2.37. The van der Waals surface area contributed by atoms with Gasteiger partial charge in [0.15, 0.2) is 11.9 Å². The molecule has 0 aliphatic carbocycles. The van der Waals surface area contributed by atoms with Gasteiger partial charge in [0.25, 0.3) is 0 Å². The standard InChI is InChI=1S/C59H89N15O11S/c1-34(2)30-44(70-49(76)40(60)31-37-18-10-7-11-19-37)53(80)72-46(33-39-22-14-9-15-23-39)55(82)74-48(36(5)75)56(83)69-41(24-16-27-65-58(61)62)50(77)71-45(32-38-20-12-8-13-21-38)54(81)68-43(26-29-86-6)51(78)67-42(25-17-28-66-59(63)64)52(79)73-47(35(3)4)57(84)85/h7-15,18-23,34-36,40-48,75H,16-17,24-33,60H2,1-6H3,(H,67,78)(H,68,81)(H,69,83)(H,70,76)(H,71,77)(H,72,80)(H,73,79)(H,74,82)(H,84,85)(H4,61,62,65)(H4,63,64,66)/t36-,40+,41+,42+,43+,44+,45+,46+,47+,48+/m1/s1. The van der Waals surface area contributed by atoms with Crippen LogP contribution in [0.5, 0.6) is 0 Å². The molecule has 0 bridgehead atoms. The highest BCUT2D eigenvalue weighted by atomic mass is 32.2. The van der Waals surface area contributed by atoms with Gasteiger partial charge in [-0.05, 0) is 92.4 Å². The average Bonchev–Trinajstić information content (AvgIpc) is 3.57. The number of carboxylic acids is 1. The topological polar surface area (TPSA) is 445 Å². The number of nitrogens with one attached hydrogen (secondary N) is 8. The molecule has 26 nitrogen and oxygen atoms in total. The summed E-state index contributed by atoms with van der Waals surface area (Å²) in [7, 11) is 0. The Morgan fingerprint density at radius 3 is 1.21 bits per heavy atom. The molecule has 8 amide bonds. The number of thioether (sulfide) groups is 1. The van der Waals surface area contributed by atoms with Crippen molar-refractivity contribution in [1.82, 2.24) is 42.5 Å². The SMILES string of the molecule is CSCC[C@H](NC(=O)[C@H](Cc1ccccc1)NC(=O)[C@H](CCCN=C(N)N)NC(=O)[C@@H](NC(=O)[C@H](Cc1ccccc1)NC(=O)[C@H](CC(C)C)NC(=O)[C@@H](N)Cc1ccccc1)[C@@H](C)O)C(=O)N[C@@H](CCCN=C(N)N)C(=O)N[C@H](C(=O)O)C(C)C. The number of hydrogen-bond acceptors (Lipinski definition) is 14. The number of carbonyl (C=O) groups is 9. The maximum atomic E-state index is 14.7. The first-order valence-corrected chi connectivity index (χ1v) is 30.0. The highest BCUT2D eigenvalue weighted by molar-refractivity contribution is 7.98. The Morgan fingerprint density at radius 2 is 0.814 bits per heavy atom. The third-order valence-corrected chi connectivity index (χ3v) is 14.1. The fourth-order valence-electron chi connectivity index (χ4n) is 8.89. The molecule has 0 fully saturated rings. The maximum absolute atomic E-state index is 14.7. The Bertz CT molecular complexity index is 2720. The van der Waals surface area contributed by atoms with Crippen molar-refractivity contribution in [3.63, 3.8) is 0 Å².